The van der Waals surface area contributed by atoms with Crippen molar-refractivity contribution in [3.05, 3.63) is 64.7 Å². The van der Waals surface area contributed by atoms with E-state index in [4.69, 9.17) is 0 Å². The quantitative estimate of drug-likeness (QED) is 0.667. The molecule has 27 heavy (non-hydrogen) atoms. The first-order valence-corrected chi connectivity index (χ1v) is 9.42. The lowest BCUT2D eigenvalue weighted by molar-refractivity contribution is 0.0693. The summed E-state index contributed by atoms with van der Waals surface area (Å²) in [6.07, 6.45) is 0.898. The van der Waals surface area contributed by atoms with Crippen molar-refractivity contribution >= 4 is 5.97 Å². The summed E-state index contributed by atoms with van der Waals surface area (Å²) in [5, 5.41) is 20.5. The molecule has 146 valence electrons. The van der Waals surface area contributed by atoms with E-state index >= 15 is 0 Å². The number of hydrogen-bond donors (Lipinski definition) is 2. The van der Waals surface area contributed by atoms with Crippen molar-refractivity contribution in [1.29, 1.82) is 0 Å². The highest BCUT2D eigenvalue weighted by Crippen LogP contribution is 2.43. The van der Waals surface area contributed by atoms with Crippen LogP contribution in [0.1, 0.15) is 81.9 Å². The third-order valence-electron chi connectivity index (χ3n) is 5.26. The van der Waals surface area contributed by atoms with E-state index in [1.807, 2.05) is 50.2 Å². The predicted molar refractivity (Wildman–Crippen MR) is 111 cm³/mol. The van der Waals surface area contributed by atoms with E-state index in [1.165, 1.54) is 0 Å². The molecule has 3 heteroatoms. The Hall–Kier alpha value is -2.29. The Balaban J connectivity index is 2.72. The zero-order chi connectivity index (χ0) is 20.6. The van der Waals surface area contributed by atoms with Crippen LogP contribution in [-0.2, 0) is 10.8 Å². The Morgan fingerprint density at radius 1 is 0.889 bits per heavy atom. The molecule has 3 nitrogen and oxygen atoms in total. The van der Waals surface area contributed by atoms with Crippen molar-refractivity contribution in [2.45, 2.75) is 65.7 Å². The molecule has 0 saturated heterocycles. The maximum atomic E-state index is 11.8. The number of hydrogen-bond acceptors (Lipinski definition) is 2. The Morgan fingerprint density at radius 3 is 1.93 bits per heavy atom. The Morgan fingerprint density at radius 2 is 1.44 bits per heavy atom. The van der Waals surface area contributed by atoms with Gasteiger partial charge in [0, 0.05) is 11.0 Å². The molecule has 0 saturated carbocycles. The lowest BCUT2D eigenvalue weighted by atomic mass is 9.69. The fourth-order valence-corrected chi connectivity index (χ4v) is 4.10. The van der Waals surface area contributed by atoms with Crippen molar-refractivity contribution in [2.75, 3.05) is 0 Å². The summed E-state index contributed by atoms with van der Waals surface area (Å²) < 4.78 is 0. The zero-order valence-corrected chi connectivity index (χ0v) is 17.6. The van der Waals surface area contributed by atoms with E-state index in [0.29, 0.717) is 5.56 Å². The van der Waals surface area contributed by atoms with Crippen LogP contribution < -0.4 is 0 Å². The van der Waals surface area contributed by atoms with Gasteiger partial charge in [-0.2, -0.15) is 0 Å². The molecule has 2 N–H and O–H groups in total. The topological polar surface area (TPSA) is 57.5 Å². The number of carboxylic acid groups (broad SMARTS) is 1. The molecule has 0 radical (unpaired) electrons. The minimum atomic E-state index is -1.11. The average molecular weight is 369 g/mol. The van der Waals surface area contributed by atoms with Gasteiger partial charge in [0.15, 0.2) is 0 Å². The molecule has 2 aromatic carbocycles. The molecule has 0 aliphatic rings. The van der Waals surface area contributed by atoms with Gasteiger partial charge in [0.2, 0.25) is 0 Å². The highest BCUT2D eigenvalue weighted by atomic mass is 16.4. The van der Waals surface area contributed by atoms with Crippen LogP contribution in [0, 0.1) is 5.41 Å². The Labute approximate surface area is 163 Å². The van der Waals surface area contributed by atoms with Gasteiger partial charge in [0.1, 0.15) is 11.3 Å². The van der Waals surface area contributed by atoms with Gasteiger partial charge in [-0.1, -0.05) is 84.9 Å². The largest absolute Gasteiger partial charge is 0.507 e. The molecule has 2 aromatic rings. The molecule has 0 fully saturated rings. The normalized spacial score (nSPS) is 12.9. The summed E-state index contributed by atoms with van der Waals surface area (Å²) in [7, 11) is 0. The van der Waals surface area contributed by atoms with Gasteiger partial charge in [0.05, 0.1) is 0 Å². The van der Waals surface area contributed by atoms with Crippen LogP contribution in [0.15, 0.2) is 42.5 Å². The van der Waals surface area contributed by atoms with Crippen LogP contribution in [0.5, 0.6) is 5.75 Å². The van der Waals surface area contributed by atoms with E-state index in [9.17, 15) is 15.0 Å². The monoisotopic (exact) mass is 368 g/mol. The Bertz CT molecular complexity index is 825. The lowest BCUT2D eigenvalue weighted by Crippen LogP contribution is -2.27. The van der Waals surface area contributed by atoms with E-state index in [-0.39, 0.29) is 22.1 Å². The van der Waals surface area contributed by atoms with Crippen LogP contribution in [-0.4, -0.2) is 16.2 Å². The first-order valence-electron chi connectivity index (χ1n) is 9.42. The SMILES string of the molecule is CC(C)(C)CC(C)(C)c1cc(C(=O)O)c(O)c(C(C)(C)c2ccccc2)c1. The van der Waals surface area contributed by atoms with Gasteiger partial charge < -0.3 is 10.2 Å². The lowest BCUT2D eigenvalue weighted by Gasteiger charge is -2.35. The molecular formula is C24H32O3. The summed E-state index contributed by atoms with van der Waals surface area (Å²) >= 11 is 0. The summed E-state index contributed by atoms with van der Waals surface area (Å²) in [4.78, 5) is 11.8. The number of carbonyl (C=O) groups is 1. The minimum absolute atomic E-state index is 0.0338. The van der Waals surface area contributed by atoms with Crippen LogP contribution >= 0.6 is 0 Å². The average Bonchev–Trinajstić information content (AvgIpc) is 2.53. The van der Waals surface area contributed by atoms with Crippen molar-refractivity contribution in [3.63, 3.8) is 0 Å². The van der Waals surface area contributed by atoms with E-state index in [1.54, 1.807) is 6.07 Å². The third-order valence-corrected chi connectivity index (χ3v) is 5.26. The van der Waals surface area contributed by atoms with Gasteiger partial charge in [0.25, 0.3) is 0 Å². The summed E-state index contributed by atoms with van der Waals surface area (Å²) in [6.45, 7) is 14.9. The second-order valence-electron chi connectivity index (χ2n) is 9.84. The van der Waals surface area contributed by atoms with Gasteiger partial charge >= 0.3 is 5.97 Å². The third kappa shape index (κ3) is 4.52. The highest BCUT2D eigenvalue weighted by Gasteiger charge is 2.34. The summed E-state index contributed by atoms with van der Waals surface area (Å²) in [5.74, 6) is -1.25. The maximum absolute atomic E-state index is 11.8. The van der Waals surface area contributed by atoms with Crippen molar-refractivity contribution in [3.8, 4) is 5.75 Å². The first-order chi connectivity index (χ1) is 12.3. The van der Waals surface area contributed by atoms with Gasteiger partial charge in [-0.05, 0) is 34.4 Å². The molecule has 0 unspecified atom stereocenters. The second kappa shape index (κ2) is 7.03. The van der Waals surface area contributed by atoms with Crippen molar-refractivity contribution in [1.82, 2.24) is 0 Å². The van der Waals surface area contributed by atoms with Gasteiger partial charge in [-0.3, -0.25) is 0 Å². The fourth-order valence-electron chi connectivity index (χ4n) is 4.10. The number of aromatic carboxylic acids is 1. The Kier molecular flexibility index (Phi) is 5.47. The smallest absolute Gasteiger partial charge is 0.339 e. The molecule has 0 spiro atoms. The summed E-state index contributed by atoms with van der Waals surface area (Å²) in [5.41, 5.74) is 1.93. The van der Waals surface area contributed by atoms with Crippen LogP contribution in [0.25, 0.3) is 0 Å². The highest BCUT2D eigenvalue weighted by molar-refractivity contribution is 5.92. The number of benzene rings is 2. The fraction of sp³-hybridized carbons (Fsp3) is 0.458. The van der Waals surface area contributed by atoms with E-state index < -0.39 is 11.4 Å². The minimum Gasteiger partial charge on any atom is -0.507 e. The second-order valence-corrected chi connectivity index (χ2v) is 9.84. The van der Waals surface area contributed by atoms with Gasteiger partial charge in [-0.25, -0.2) is 4.79 Å². The maximum Gasteiger partial charge on any atom is 0.339 e. The van der Waals surface area contributed by atoms with E-state index in [0.717, 1.165) is 17.5 Å². The summed E-state index contributed by atoms with van der Waals surface area (Å²) in [6, 6.07) is 13.5. The molecule has 0 heterocycles. The molecule has 0 aromatic heterocycles. The standard InChI is InChI=1S/C24H32O3/c1-22(2,3)15-23(4,5)17-13-18(21(26)27)20(25)19(14-17)24(6,7)16-11-9-8-10-12-16/h8-14,25H,15H2,1-7H3,(H,26,27). The zero-order valence-electron chi connectivity index (χ0n) is 17.6. The van der Waals surface area contributed by atoms with Crippen LogP contribution in [0.2, 0.25) is 0 Å². The number of carboxylic acids is 1. The van der Waals surface area contributed by atoms with Crippen LogP contribution in [0.3, 0.4) is 0 Å². The first kappa shape index (κ1) is 21.0. The molecule has 0 aliphatic carbocycles. The van der Waals surface area contributed by atoms with Crippen LogP contribution in [0.4, 0.5) is 0 Å². The van der Waals surface area contributed by atoms with Crippen molar-refractivity contribution in [2.24, 2.45) is 5.41 Å². The number of aromatic hydroxyl groups is 1. The number of rotatable bonds is 5. The molecule has 0 atom stereocenters. The number of phenols is 1. The molecule has 0 bridgehead atoms. The van der Waals surface area contributed by atoms with E-state index in [2.05, 4.69) is 34.6 Å². The predicted octanol–water partition coefficient (Wildman–Crippen LogP) is 6.13. The van der Waals surface area contributed by atoms with Gasteiger partial charge in [-0.15, -0.1) is 0 Å². The molecular weight excluding hydrogens is 336 g/mol. The molecule has 0 amide bonds. The molecule has 2 rings (SSSR count). The van der Waals surface area contributed by atoms with Crippen molar-refractivity contribution < 1.29 is 15.0 Å². The molecule has 0 aliphatic heterocycles.